The molecule has 1 aliphatic rings. The van der Waals surface area contributed by atoms with Gasteiger partial charge in [-0.25, -0.2) is 13.4 Å². The van der Waals surface area contributed by atoms with Crippen molar-refractivity contribution in [1.82, 2.24) is 4.98 Å². The van der Waals surface area contributed by atoms with Crippen LogP contribution < -0.4 is 0 Å². The van der Waals surface area contributed by atoms with E-state index < -0.39 is 9.05 Å². The van der Waals surface area contributed by atoms with Crippen molar-refractivity contribution < 1.29 is 8.42 Å². The van der Waals surface area contributed by atoms with Crippen LogP contribution in [0, 0.1) is 0 Å². The van der Waals surface area contributed by atoms with Gasteiger partial charge >= 0.3 is 0 Å². The van der Waals surface area contributed by atoms with Crippen LogP contribution in [-0.2, 0) is 21.9 Å². The van der Waals surface area contributed by atoms with Gasteiger partial charge in [0.15, 0.2) is 0 Å². The lowest BCUT2D eigenvalue weighted by Gasteiger charge is -2.06. The molecule has 13 heavy (non-hydrogen) atoms. The minimum atomic E-state index is -3.62. The highest BCUT2D eigenvalue weighted by Crippen LogP contribution is 2.30. The summed E-state index contributed by atoms with van der Waals surface area (Å²) in [6, 6.07) is 0. The smallest absolute Gasteiger partial charge is 0.229 e. The van der Waals surface area contributed by atoms with Crippen LogP contribution in [0.5, 0.6) is 0 Å². The van der Waals surface area contributed by atoms with E-state index in [0.717, 1.165) is 36.3 Å². The van der Waals surface area contributed by atoms with Gasteiger partial charge in [0.2, 0.25) is 4.34 Å². The quantitative estimate of drug-likeness (QED) is 0.702. The van der Waals surface area contributed by atoms with Gasteiger partial charge in [0.1, 0.15) is 0 Å². The van der Waals surface area contributed by atoms with Gasteiger partial charge < -0.3 is 0 Å². The van der Waals surface area contributed by atoms with E-state index in [-0.39, 0.29) is 4.34 Å². The first-order valence-corrected chi connectivity index (χ1v) is 7.13. The number of fused-ring (bicyclic) bond motifs is 1. The van der Waals surface area contributed by atoms with Crippen LogP contribution in [0.2, 0.25) is 0 Å². The minimum Gasteiger partial charge on any atom is -0.229 e. The maximum absolute atomic E-state index is 11.0. The van der Waals surface area contributed by atoms with Crippen LogP contribution in [-0.4, -0.2) is 13.4 Å². The third kappa shape index (κ3) is 1.87. The molecule has 0 amide bonds. The Balaban J connectivity index is 2.47. The third-order valence-electron chi connectivity index (χ3n) is 2.03. The molecule has 72 valence electrons. The van der Waals surface area contributed by atoms with Crippen LogP contribution in [0.3, 0.4) is 0 Å². The first-order chi connectivity index (χ1) is 6.07. The molecule has 0 aliphatic heterocycles. The van der Waals surface area contributed by atoms with Crippen molar-refractivity contribution >= 4 is 31.1 Å². The van der Waals surface area contributed by atoms with Gasteiger partial charge in [-0.1, -0.05) is 0 Å². The van der Waals surface area contributed by atoms with Crippen molar-refractivity contribution in [2.75, 3.05) is 0 Å². The summed E-state index contributed by atoms with van der Waals surface area (Å²) in [6.07, 6.45) is 4.05. The van der Waals surface area contributed by atoms with Gasteiger partial charge in [0.05, 0.1) is 5.69 Å². The molecule has 0 atom stereocenters. The Bertz CT molecular complexity index is 400. The number of aryl methyl sites for hydroxylation is 2. The van der Waals surface area contributed by atoms with E-state index in [1.54, 1.807) is 0 Å². The molecule has 0 bridgehead atoms. The van der Waals surface area contributed by atoms with Gasteiger partial charge in [-0.2, -0.15) is 0 Å². The van der Waals surface area contributed by atoms with Gasteiger partial charge in [-0.3, -0.25) is 0 Å². The maximum Gasteiger partial charge on any atom is 0.288 e. The molecule has 0 N–H and O–H groups in total. The van der Waals surface area contributed by atoms with Crippen LogP contribution in [0.15, 0.2) is 4.34 Å². The summed E-state index contributed by atoms with van der Waals surface area (Å²) in [5.74, 6) is 0. The molecule has 0 spiro atoms. The number of nitrogens with zero attached hydrogens (tertiary/aromatic N) is 1. The highest BCUT2D eigenvalue weighted by molar-refractivity contribution is 8.14. The van der Waals surface area contributed by atoms with E-state index in [1.807, 2.05) is 0 Å². The summed E-state index contributed by atoms with van der Waals surface area (Å²) in [7, 11) is 1.58. The fourth-order valence-electron chi connectivity index (χ4n) is 1.43. The Morgan fingerprint density at radius 2 is 2.00 bits per heavy atom. The van der Waals surface area contributed by atoms with Crippen LogP contribution in [0.1, 0.15) is 23.4 Å². The summed E-state index contributed by atoms with van der Waals surface area (Å²) in [4.78, 5) is 5.11. The highest BCUT2D eigenvalue weighted by Gasteiger charge is 2.21. The van der Waals surface area contributed by atoms with Crippen molar-refractivity contribution in [2.45, 2.75) is 30.0 Å². The number of hydrogen-bond acceptors (Lipinski definition) is 4. The summed E-state index contributed by atoms with van der Waals surface area (Å²) in [6.45, 7) is 0. The molecular weight excluding hydrogens is 230 g/mol. The van der Waals surface area contributed by atoms with E-state index in [2.05, 4.69) is 4.98 Å². The molecule has 0 fully saturated rings. The minimum absolute atomic E-state index is 0.0565. The van der Waals surface area contributed by atoms with E-state index in [0.29, 0.717) is 0 Å². The zero-order chi connectivity index (χ0) is 9.47. The predicted molar refractivity (Wildman–Crippen MR) is 51.8 cm³/mol. The van der Waals surface area contributed by atoms with Crippen molar-refractivity contribution in [3.63, 3.8) is 0 Å². The van der Waals surface area contributed by atoms with Crippen LogP contribution in [0.25, 0.3) is 0 Å². The second kappa shape index (κ2) is 3.22. The van der Waals surface area contributed by atoms with Crippen molar-refractivity contribution in [2.24, 2.45) is 0 Å². The molecule has 6 heteroatoms. The summed E-state index contributed by atoms with van der Waals surface area (Å²) in [5, 5.41) is 0. The lowest BCUT2D eigenvalue weighted by Crippen LogP contribution is -1.99. The fourth-order valence-corrected chi connectivity index (χ4v) is 3.62. The van der Waals surface area contributed by atoms with E-state index in [4.69, 9.17) is 10.7 Å². The SMILES string of the molecule is O=S(=O)(Cl)c1nc2c(s1)CCCC2. The van der Waals surface area contributed by atoms with Gasteiger partial charge in [-0.05, 0) is 25.7 Å². The molecule has 1 aromatic rings. The molecule has 0 unspecified atom stereocenters. The molecule has 3 nitrogen and oxygen atoms in total. The van der Waals surface area contributed by atoms with Gasteiger partial charge in [0, 0.05) is 15.6 Å². The molecule has 0 saturated carbocycles. The molecule has 0 saturated heterocycles. The topological polar surface area (TPSA) is 47.0 Å². The van der Waals surface area contributed by atoms with Gasteiger partial charge in [-0.15, -0.1) is 11.3 Å². The molecule has 1 aliphatic carbocycles. The Morgan fingerprint density at radius 1 is 1.31 bits per heavy atom. The number of aromatic nitrogens is 1. The number of thiazole rings is 1. The Hall–Kier alpha value is -0.130. The number of halogens is 1. The molecule has 1 aromatic heterocycles. The molecule has 0 radical (unpaired) electrons. The molecular formula is C7H8ClNO2S2. The Kier molecular flexibility index (Phi) is 2.33. The monoisotopic (exact) mass is 237 g/mol. The average Bonchev–Trinajstić information content (AvgIpc) is 2.45. The van der Waals surface area contributed by atoms with E-state index >= 15 is 0 Å². The predicted octanol–water partition coefficient (Wildman–Crippen LogP) is 1.95. The highest BCUT2D eigenvalue weighted by atomic mass is 35.7. The van der Waals surface area contributed by atoms with E-state index in [1.165, 1.54) is 11.3 Å². The summed E-state index contributed by atoms with van der Waals surface area (Å²) >= 11 is 1.21. The zero-order valence-corrected chi connectivity index (χ0v) is 9.18. The van der Waals surface area contributed by atoms with Crippen molar-refractivity contribution in [1.29, 1.82) is 0 Å². The van der Waals surface area contributed by atoms with Gasteiger partial charge in [0.25, 0.3) is 9.05 Å². The summed E-state index contributed by atoms with van der Waals surface area (Å²) in [5.41, 5.74) is 0.926. The molecule has 1 heterocycles. The lowest BCUT2D eigenvalue weighted by atomic mass is 10.0. The Labute approximate surface area is 85.2 Å². The number of rotatable bonds is 1. The second-order valence-electron chi connectivity index (χ2n) is 2.99. The average molecular weight is 238 g/mol. The Morgan fingerprint density at radius 3 is 2.62 bits per heavy atom. The second-order valence-corrected chi connectivity index (χ2v) is 6.82. The first kappa shape index (κ1) is 9.43. The van der Waals surface area contributed by atoms with Crippen molar-refractivity contribution in [3.8, 4) is 0 Å². The van der Waals surface area contributed by atoms with Crippen LogP contribution in [0.4, 0.5) is 0 Å². The largest absolute Gasteiger partial charge is 0.288 e. The maximum atomic E-state index is 11.0. The zero-order valence-electron chi connectivity index (χ0n) is 6.79. The summed E-state index contributed by atoms with van der Waals surface area (Å²) < 4.78 is 22.0. The number of hydrogen-bond donors (Lipinski definition) is 0. The standard InChI is InChI=1S/C7H8ClNO2S2/c8-13(10,11)7-9-5-3-1-2-4-6(5)12-7/h1-4H2. The fraction of sp³-hybridized carbons (Fsp3) is 0.571. The van der Waals surface area contributed by atoms with Crippen molar-refractivity contribution in [3.05, 3.63) is 10.6 Å². The first-order valence-electron chi connectivity index (χ1n) is 4.00. The van der Waals surface area contributed by atoms with Crippen LogP contribution >= 0.6 is 22.0 Å². The van der Waals surface area contributed by atoms with E-state index in [9.17, 15) is 8.42 Å². The lowest BCUT2D eigenvalue weighted by molar-refractivity contribution is 0.607. The normalized spacial score (nSPS) is 17.0. The molecule has 0 aromatic carbocycles. The third-order valence-corrected chi connectivity index (χ3v) is 5.12. The molecule has 2 rings (SSSR count).